The van der Waals surface area contributed by atoms with Gasteiger partial charge in [-0.15, -0.1) is 11.3 Å². The van der Waals surface area contributed by atoms with Gasteiger partial charge in [-0.1, -0.05) is 24.3 Å². The number of hydrogen-bond acceptors (Lipinski definition) is 5. The zero-order valence-corrected chi connectivity index (χ0v) is 17.1. The number of benzene rings is 1. The van der Waals surface area contributed by atoms with E-state index in [-0.39, 0.29) is 17.9 Å². The van der Waals surface area contributed by atoms with Crippen molar-refractivity contribution in [1.29, 1.82) is 0 Å². The molecule has 4 rings (SSSR count). The van der Waals surface area contributed by atoms with E-state index in [9.17, 15) is 9.59 Å². The fraction of sp³-hybridized carbons (Fsp3) is 0.318. The number of fused-ring (bicyclic) bond motifs is 1. The molecule has 0 radical (unpaired) electrons. The molecule has 1 aromatic carbocycles. The van der Waals surface area contributed by atoms with Gasteiger partial charge in [0.05, 0.1) is 18.0 Å². The second kappa shape index (κ2) is 8.71. The van der Waals surface area contributed by atoms with Crippen LogP contribution in [-0.2, 0) is 16.0 Å². The van der Waals surface area contributed by atoms with Crippen molar-refractivity contribution >= 4 is 33.2 Å². The van der Waals surface area contributed by atoms with Gasteiger partial charge in [0.25, 0.3) is 5.91 Å². The highest BCUT2D eigenvalue weighted by Gasteiger charge is 2.30. The fourth-order valence-electron chi connectivity index (χ4n) is 3.59. The van der Waals surface area contributed by atoms with E-state index >= 15 is 0 Å². The zero-order chi connectivity index (χ0) is 20.2. The van der Waals surface area contributed by atoms with E-state index in [1.165, 1.54) is 11.3 Å². The van der Waals surface area contributed by atoms with E-state index in [2.05, 4.69) is 10.3 Å². The minimum absolute atomic E-state index is 0.0270. The van der Waals surface area contributed by atoms with Crippen LogP contribution in [0, 0.1) is 0 Å². The van der Waals surface area contributed by atoms with Crippen molar-refractivity contribution in [3.05, 3.63) is 64.8 Å². The highest BCUT2D eigenvalue weighted by Crippen LogP contribution is 2.38. The molecule has 2 amide bonds. The van der Waals surface area contributed by atoms with Crippen LogP contribution < -0.4 is 5.32 Å². The van der Waals surface area contributed by atoms with Crippen molar-refractivity contribution in [2.45, 2.75) is 19.4 Å². The maximum atomic E-state index is 13.0. The average Bonchev–Trinajstić information content (AvgIpc) is 3.14. The monoisotopic (exact) mass is 409 g/mol. The number of nitrogens with zero attached hydrogens (tertiary/aromatic N) is 2. The molecular weight excluding hydrogens is 386 g/mol. The Kier molecular flexibility index (Phi) is 5.87. The first-order chi connectivity index (χ1) is 14.1. The van der Waals surface area contributed by atoms with Crippen molar-refractivity contribution in [3.8, 4) is 0 Å². The van der Waals surface area contributed by atoms with E-state index in [0.29, 0.717) is 37.5 Å². The van der Waals surface area contributed by atoms with E-state index in [0.717, 1.165) is 21.3 Å². The van der Waals surface area contributed by atoms with E-state index < -0.39 is 0 Å². The minimum atomic E-state index is -0.305. The largest absolute Gasteiger partial charge is 0.370 e. The van der Waals surface area contributed by atoms with Gasteiger partial charge in [-0.25, -0.2) is 0 Å². The molecular formula is C22H23N3O3S. The van der Waals surface area contributed by atoms with Crippen molar-refractivity contribution in [3.63, 3.8) is 0 Å². The van der Waals surface area contributed by atoms with Crippen LogP contribution >= 0.6 is 11.3 Å². The summed E-state index contributed by atoms with van der Waals surface area (Å²) >= 11 is 1.47. The molecule has 1 atom stereocenters. The summed E-state index contributed by atoms with van der Waals surface area (Å²) < 4.78 is 7.04. The van der Waals surface area contributed by atoms with Crippen molar-refractivity contribution in [1.82, 2.24) is 15.2 Å². The van der Waals surface area contributed by atoms with Crippen LogP contribution in [0.1, 0.15) is 34.0 Å². The summed E-state index contributed by atoms with van der Waals surface area (Å²) in [6.45, 7) is 3.59. The van der Waals surface area contributed by atoms with Crippen molar-refractivity contribution in [2.24, 2.45) is 0 Å². The Balaban J connectivity index is 1.57. The van der Waals surface area contributed by atoms with Gasteiger partial charge < -0.3 is 15.0 Å². The number of hydrogen-bond donors (Lipinski definition) is 1. The van der Waals surface area contributed by atoms with Crippen molar-refractivity contribution in [2.75, 3.05) is 26.2 Å². The van der Waals surface area contributed by atoms with E-state index in [1.54, 1.807) is 18.0 Å². The quantitative estimate of drug-likeness (QED) is 0.703. The minimum Gasteiger partial charge on any atom is -0.370 e. The molecule has 0 unspecified atom stereocenters. The van der Waals surface area contributed by atoms with Crippen LogP contribution in [-0.4, -0.2) is 47.9 Å². The summed E-state index contributed by atoms with van der Waals surface area (Å²) in [5, 5.41) is 4.03. The zero-order valence-electron chi connectivity index (χ0n) is 16.3. The number of carbonyl (C=O) groups is 2. The third kappa shape index (κ3) is 4.31. The molecule has 2 aromatic heterocycles. The summed E-state index contributed by atoms with van der Waals surface area (Å²) in [6.07, 6.45) is 2.12. The molecule has 3 heterocycles. The lowest BCUT2D eigenvalue weighted by atomic mass is 10.0. The SMILES string of the molecule is CC(=O)N1CCO[C@H](c2c(C(=O)NCCc3ccccn3)sc3ccccc23)C1. The van der Waals surface area contributed by atoms with Crippen LogP contribution in [0.5, 0.6) is 0 Å². The number of carbonyl (C=O) groups excluding carboxylic acids is 2. The highest BCUT2D eigenvalue weighted by atomic mass is 32.1. The molecule has 1 aliphatic rings. The molecule has 0 saturated carbocycles. The topological polar surface area (TPSA) is 71.5 Å². The second-order valence-corrected chi connectivity index (χ2v) is 8.04. The number of rotatable bonds is 5. The number of morpholine rings is 1. The molecule has 1 saturated heterocycles. The molecule has 6 nitrogen and oxygen atoms in total. The van der Waals surface area contributed by atoms with Crippen LogP contribution in [0.2, 0.25) is 0 Å². The average molecular weight is 410 g/mol. The lowest BCUT2D eigenvalue weighted by molar-refractivity contribution is -0.136. The first-order valence-electron chi connectivity index (χ1n) is 9.70. The van der Waals surface area contributed by atoms with Crippen molar-refractivity contribution < 1.29 is 14.3 Å². The summed E-state index contributed by atoms with van der Waals surface area (Å²) in [7, 11) is 0. The number of pyridine rings is 1. The highest BCUT2D eigenvalue weighted by molar-refractivity contribution is 7.21. The molecule has 150 valence electrons. The van der Waals surface area contributed by atoms with Gasteiger partial charge in [0.1, 0.15) is 6.10 Å². The van der Waals surface area contributed by atoms with Gasteiger partial charge in [0, 0.05) is 48.6 Å². The molecule has 0 bridgehead atoms. The lowest BCUT2D eigenvalue weighted by Gasteiger charge is -2.32. The predicted octanol–water partition coefficient (Wildman–Crippen LogP) is 3.19. The first kappa shape index (κ1) is 19.5. The summed E-state index contributed by atoms with van der Waals surface area (Å²) in [6, 6.07) is 13.7. The molecule has 1 fully saturated rings. The van der Waals surface area contributed by atoms with Gasteiger partial charge >= 0.3 is 0 Å². The van der Waals surface area contributed by atoms with Gasteiger partial charge in [-0.3, -0.25) is 14.6 Å². The number of amides is 2. The molecule has 1 N–H and O–H groups in total. The number of ether oxygens (including phenoxy) is 1. The molecule has 3 aromatic rings. The van der Waals surface area contributed by atoms with Gasteiger partial charge in [0.15, 0.2) is 0 Å². The maximum absolute atomic E-state index is 13.0. The lowest BCUT2D eigenvalue weighted by Crippen LogP contribution is -2.41. The molecule has 0 spiro atoms. The Morgan fingerprint density at radius 3 is 2.86 bits per heavy atom. The van der Waals surface area contributed by atoms with Gasteiger partial charge in [-0.05, 0) is 23.6 Å². The number of aromatic nitrogens is 1. The number of thiophene rings is 1. The Bertz CT molecular complexity index is 1020. The molecule has 29 heavy (non-hydrogen) atoms. The van der Waals surface area contributed by atoms with E-state index in [4.69, 9.17) is 4.74 Å². The second-order valence-electron chi connectivity index (χ2n) is 6.99. The predicted molar refractivity (Wildman–Crippen MR) is 113 cm³/mol. The summed E-state index contributed by atoms with van der Waals surface area (Å²) in [5.74, 6) is -0.0834. The Morgan fingerprint density at radius 2 is 2.07 bits per heavy atom. The normalized spacial score (nSPS) is 16.7. The first-order valence-corrected chi connectivity index (χ1v) is 10.5. The fourth-order valence-corrected chi connectivity index (χ4v) is 4.76. The number of nitrogens with one attached hydrogen (secondary N) is 1. The summed E-state index contributed by atoms with van der Waals surface area (Å²) in [5.41, 5.74) is 1.82. The van der Waals surface area contributed by atoms with Crippen LogP contribution in [0.4, 0.5) is 0 Å². The smallest absolute Gasteiger partial charge is 0.261 e. The Labute approximate surface area is 173 Å². The summed E-state index contributed by atoms with van der Waals surface area (Å²) in [4.78, 5) is 31.6. The van der Waals surface area contributed by atoms with Gasteiger partial charge in [-0.2, -0.15) is 0 Å². The van der Waals surface area contributed by atoms with Crippen LogP contribution in [0.15, 0.2) is 48.7 Å². The maximum Gasteiger partial charge on any atom is 0.261 e. The third-order valence-electron chi connectivity index (χ3n) is 5.07. The molecule has 0 aliphatic carbocycles. The third-order valence-corrected chi connectivity index (χ3v) is 6.25. The van der Waals surface area contributed by atoms with Crippen LogP contribution in [0.3, 0.4) is 0 Å². The molecule has 7 heteroatoms. The van der Waals surface area contributed by atoms with Crippen LogP contribution in [0.25, 0.3) is 10.1 Å². The standard InChI is InChI=1S/C22H23N3O3S/c1-15(26)25-12-13-28-18(14-25)20-17-7-2-3-8-19(17)29-21(20)22(27)24-11-9-16-6-4-5-10-23-16/h2-8,10,18H,9,11-14H2,1H3,(H,24,27)/t18-/m0/s1. The Morgan fingerprint density at radius 1 is 1.24 bits per heavy atom. The van der Waals surface area contributed by atoms with Gasteiger partial charge in [0.2, 0.25) is 5.91 Å². The Hall–Kier alpha value is -2.77. The van der Waals surface area contributed by atoms with E-state index in [1.807, 2.05) is 42.5 Å². The molecule has 1 aliphatic heterocycles.